The zero-order valence-corrected chi connectivity index (χ0v) is 20.5. The van der Waals surface area contributed by atoms with Crippen LogP contribution in [-0.4, -0.2) is 45.1 Å². The third kappa shape index (κ3) is 6.60. The van der Waals surface area contributed by atoms with Crippen LogP contribution in [-0.2, 0) is 6.54 Å². The molecule has 0 saturated carbocycles. The largest absolute Gasteiger partial charge is 0.369 e. The quantitative estimate of drug-likeness (QED) is 0.292. The lowest BCUT2D eigenvalue weighted by molar-refractivity contribution is 0.0963. The highest BCUT2D eigenvalue weighted by Crippen LogP contribution is 2.22. The van der Waals surface area contributed by atoms with E-state index in [9.17, 15) is 4.79 Å². The molecule has 6 nitrogen and oxygen atoms in total. The first-order valence-electron chi connectivity index (χ1n) is 9.38. The first-order valence-corrected chi connectivity index (χ1v) is 10.2. The highest BCUT2D eigenvalue weighted by molar-refractivity contribution is 14.0. The van der Waals surface area contributed by atoms with Crippen molar-refractivity contribution in [3.63, 3.8) is 0 Å². The average Bonchev–Trinajstić information content (AvgIpc) is 3.20. The molecule has 1 atom stereocenters. The van der Waals surface area contributed by atoms with Crippen LogP contribution < -0.4 is 20.9 Å². The minimum absolute atomic E-state index is 0. The minimum atomic E-state index is -0.0754. The molecule has 0 spiro atoms. The molecule has 29 heavy (non-hydrogen) atoms. The Balaban J connectivity index is 0.00000300. The molecule has 156 valence electrons. The van der Waals surface area contributed by atoms with Gasteiger partial charge in [-0.3, -0.25) is 9.79 Å². The summed E-state index contributed by atoms with van der Waals surface area (Å²) in [6.07, 6.45) is 1.07. The van der Waals surface area contributed by atoms with E-state index in [4.69, 9.17) is 0 Å². The standard InChI is InChI=1S/C21H26BrN5O.HI/c1-23-20(28)16-5-3-15(4-6-16)13-25-21(24-2)26-18-11-12-27(14-18)19-9-7-17(22)8-10-19;/h3-10,18H,11-14H2,1-2H3,(H,23,28)(H2,24,25,26);1H. The number of aliphatic imine (C=N–C) groups is 1. The fraction of sp³-hybridized carbons (Fsp3) is 0.333. The molecule has 1 saturated heterocycles. The molecule has 3 N–H and O–H groups in total. The maximum absolute atomic E-state index is 11.6. The van der Waals surface area contributed by atoms with E-state index >= 15 is 0 Å². The van der Waals surface area contributed by atoms with Crippen LogP contribution in [0.1, 0.15) is 22.3 Å². The van der Waals surface area contributed by atoms with E-state index < -0.39 is 0 Å². The molecule has 0 radical (unpaired) electrons. The molecule has 1 aliphatic rings. The zero-order valence-electron chi connectivity index (χ0n) is 16.6. The van der Waals surface area contributed by atoms with Gasteiger partial charge in [-0.25, -0.2) is 0 Å². The number of amides is 1. The topological polar surface area (TPSA) is 68.8 Å². The van der Waals surface area contributed by atoms with Crippen molar-refractivity contribution >= 4 is 57.5 Å². The van der Waals surface area contributed by atoms with E-state index in [1.54, 1.807) is 14.1 Å². The van der Waals surface area contributed by atoms with E-state index in [0.717, 1.165) is 35.5 Å². The van der Waals surface area contributed by atoms with Crippen LogP contribution in [0.2, 0.25) is 0 Å². The molecule has 0 aliphatic carbocycles. The Bertz CT molecular complexity index is 826. The molecule has 2 aromatic carbocycles. The third-order valence-corrected chi connectivity index (χ3v) is 5.38. The second-order valence-corrected chi connectivity index (χ2v) is 7.67. The molecular weight excluding hydrogens is 545 g/mol. The van der Waals surface area contributed by atoms with Gasteiger partial charge in [0.05, 0.1) is 0 Å². The lowest BCUT2D eigenvalue weighted by atomic mass is 10.1. The summed E-state index contributed by atoms with van der Waals surface area (Å²) in [5, 5.41) is 9.49. The van der Waals surface area contributed by atoms with Gasteiger partial charge in [0.25, 0.3) is 5.91 Å². The van der Waals surface area contributed by atoms with Gasteiger partial charge in [0, 0.05) is 55.5 Å². The Morgan fingerprint density at radius 3 is 2.48 bits per heavy atom. The smallest absolute Gasteiger partial charge is 0.251 e. The van der Waals surface area contributed by atoms with Crippen LogP contribution in [0.3, 0.4) is 0 Å². The van der Waals surface area contributed by atoms with Crippen LogP contribution in [0.25, 0.3) is 0 Å². The molecule has 3 rings (SSSR count). The highest BCUT2D eigenvalue weighted by Gasteiger charge is 2.23. The van der Waals surface area contributed by atoms with Crippen LogP contribution in [0.15, 0.2) is 58.0 Å². The Labute approximate surface area is 197 Å². The molecule has 0 bridgehead atoms. The van der Waals surface area contributed by atoms with Crippen molar-refractivity contribution in [3.8, 4) is 0 Å². The summed E-state index contributed by atoms with van der Waals surface area (Å²) in [4.78, 5) is 18.3. The predicted octanol–water partition coefficient (Wildman–Crippen LogP) is 3.37. The van der Waals surface area contributed by atoms with E-state index in [0.29, 0.717) is 18.2 Å². The molecule has 0 aromatic heterocycles. The summed E-state index contributed by atoms with van der Waals surface area (Å²) in [6.45, 7) is 2.62. The number of benzene rings is 2. The number of halogens is 2. The monoisotopic (exact) mass is 571 g/mol. The predicted molar refractivity (Wildman–Crippen MR) is 133 cm³/mol. The van der Waals surface area contributed by atoms with E-state index in [1.165, 1.54) is 5.69 Å². The van der Waals surface area contributed by atoms with Gasteiger partial charge in [0.1, 0.15) is 0 Å². The number of nitrogens with zero attached hydrogens (tertiary/aromatic N) is 2. The normalized spacial score (nSPS) is 16.2. The Morgan fingerprint density at radius 2 is 1.86 bits per heavy atom. The fourth-order valence-electron chi connectivity index (χ4n) is 3.26. The fourth-order valence-corrected chi connectivity index (χ4v) is 3.52. The van der Waals surface area contributed by atoms with Crippen molar-refractivity contribution in [1.29, 1.82) is 0 Å². The van der Waals surface area contributed by atoms with Crippen molar-refractivity contribution in [2.75, 3.05) is 32.1 Å². The van der Waals surface area contributed by atoms with Gasteiger partial charge in [-0.15, -0.1) is 24.0 Å². The maximum Gasteiger partial charge on any atom is 0.251 e. The molecule has 1 amide bonds. The summed E-state index contributed by atoms with van der Waals surface area (Å²) in [6, 6.07) is 16.4. The highest BCUT2D eigenvalue weighted by atomic mass is 127. The summed E-state index contributed by atoms with van der Waals surface area (Å²) in [5.41, 5.74) is 3.00. The number of hydrogen-bond donors (Lipinski definition) is 3. The minimum Gasteiger partial charge on any atom is -0.369 e. The van der Waals surface area contributed by atoms with E-state index in [-0.39, 0.29) is 29.9 Å². The number of guanidine groups is 1. The number of rotatable bonds is 5. The summed E-state index contributed by atoms with van der Waals surface area (Å²) in [7, 11) is 3.42. The third-order valence-electron chi connectivity index (χ3n) is 4.85. The molecule has 1 fully saturated rings. The van der Waals surface area contributed by atoms with E-state index in [2.05, 4.69) is 66.0 Å². The Kier molecular flexibility index (Phi) is 9.22. The number of anilines is 1. The molecule has 2 aromatic rings. The van der Waals surface area contributed by atoms with Gasteiger partial charge in [-0.2, -0.15) is 0 Å². The van der Waals surface area contributed by atoms with Crippen LogP contribution >= 0.6 is 39.9 Å². The van der Waals surface area contributed by atoms with Gasteiger partial charge in [0.2, 0.25) is 0 Å². The molecule has 8 heteroatoms. The van der Waals surface area contributed by atoms with Crippen LogP contribution in [0.5, 0.6) is 0 Å². The molecule has 1 unspecified atom stereocenters. The molecular formula is C21H27BrIN5O. The average molecular weight is 572 g/mol. The first-order chi connectivity index (χ1) is 13.6. The van der Waals surface area contributed by atoms with Gasteiger partial charge >= 0.3 is 0 Å². The second kappa shape index (κ2) is 11.4. The lowest BCUT2D eigenvalue weighted by Gasteiger charge is -2.20. The summed E-state index contributed by atoms with van der Waals surface area (Å²) >= 11 is 3.48. The number of carbonyl (C=O) groups excluding carboxylic acids is 1. The van der Waals surface area contributed by atoms with Crippen molar-refractivity contribution in [2.24, 2.45) is 4.99 Å². The van der Waals surface area contributed by atoms with Crippen molar-refractivity contribution in [1.82, 2.24) is 16.0 Å². The first kappa shape index (κ1) is 23.5. The van der Waals surface area contributed by atoms with E-state index in [1.807, 2.05) is 24.3 Å². The van der Waals surface area contributed by atoms with Gasteiger partial charge in [-0.1, -0.05) is 28.1 Å². The second-order valence-electron chi connectivity index (χ2n) is 6.75. The van der Waals surface area contributed by atoms with Crippen molar-refractivity contribution in [3.05, 3.63) is 64.1 Å². The summed E-state index contributed by atoms with van der Waals surface area (Å²) in [5.74, 6) is 0.714. The number of carbonyl (C=O) groups is 1. The van der Waals surface area contributed by atoms with Gasteiger partial charge in [-0.05, 0) is 48.4 Å². The number of nitrogens with one attached hydrogen (secondary N) is 3. The Morgan fingerprint density at radius 1 is 1.17 bits per heavy atom. The Hall–Kier alpha value is -1.81. The van der Waals surface area contributed by atoms with Crippen molar-refractivity contribution < 1.29 is 4.79 Å². The molecule has 1 heterocycles. The van der Waals surface area contributed by atoms with Crippen molar-refractivity contribution in [2.45, 2.75) is 19.0 Å². The van der Waals surface area contributed by atoms with Crippen LogP contribution in [0, 0.1) is 0 Å². The number of hydrogen-bond acceptors (Lipinski definition) is 3. The lowest BCUT2D eigenvalue weighted by Crippen LogP contribution is -2.44. The summed E-state index contributed by atoms with van der Waals surface area (Å²) < 4.78 is 1.10. The van der Waals surface area contributed by atoms with Gasteiger partial charge < -0.3 is 20.9 Å². The maximum atomic E-state index is 11.6. The SMILES string of the molecule is CN=C(NCc1ccc(C(=O)NC)cc1)NC1CCN(c2ccc(Br)cc2)C1.I. The van der Waals surface area contributed by atoms with Crippen LogP contribution in [0.4, 0.5) is 5.69 Å². The zero-order chi connectivity index (χ0) is 19.9. The molecule has 1 aliphatic heterocycles. The van der Waals surface area contributed by atoms with Gasteiger partial charge in [0.15, 0.2) is 5.96 Å².